The van der Waals surface area contributed by atoms with Gasteiger partial charge in [-0.1, -0.05) is 0 Å². The van der Waals surface area contributed by atoms with Crippen LogP contribution < -0.4 is 0 Å². The van der Waals surface area contributed by atoms with Crippen LogP contribution in [-0.2, 0) is 4.74 Å². The summed E-state index contributed by atoms with van der Waals surface area (Å²) in [4.78, 5) is 10.0. The van der Waals surface area contributed by atoms with Gasteiger partial charge in [-0.15, -0.1) is 11.6 Å². The number of rotatable bonds is 5. The van der Waals surface area contributed by atoms with E-state index in [9.17, 15) is 10.1 Å². The van der Waals surface area contributed by atoms with Gasteiger partial charge < -0.3 is 4.74 Å². The summed E-state index contributed by atoms with van der Waals surface area (Å²) in [7, 11) is 0. The van der Waals surface area contributed by atoms with Crippen molar-refractivity contribution in [2.45, 2.75) is 20.8 Å². The minimum atomic E-state index is -0.428. The Hall–Kier alpha value is -1.03. The molecule has 0 rings (SSSR count). The normalized spacial score (nSPS) is 13.6. The molecule has 0 unspecified atom stereocenters. The molecule has 0 spiro atoms. The third kappa shape index (κ3) is 3.79. The van der Waals surface area contributed by atoms with Crippen LogP contribution in [0.15, 0.2) is 23.1 Å². The van der Waals surface area contributed by atoms with Crippen molar-refractivity contribution in [1.29, 1.82) is 0 Å². The quantitative estimate of drug-likeness (QED) is 0.235. The van der Waals surface area contributed by atoms with E-state index in [0.717, 1.165) is 0 Å². The molecule has 0 bridgehead atoms. The summed E-state index contributed by atoms with van der Waals surface area (Å²) >= 11 is 5.45. The van der Waals surface area contributed by atoms with Crippen LogP contribution in [-0.4, -0.2) is 17.4 Å². The molecule has 0 fully saturated rings. The molecule has 0 saturated carbocycles. The lowest BCUT2D eigenvalue weighted by Crippen LogP contribution is -2.03. The van der Waals surface area contributed by atoms with E-state index in [1.54, 1.807) is 19.9 Å². The summed E-state index contributed by atoms with van der Waals surface area (Å²) in [6.07, 6.45) is 1.69. The van der Waals surface area contributed by atoms with Crippen LogP contribution >= 0.6 is 11.6 Å². The second-order valence-corrected chi connectivity index (χ2v) is 3.04. The van der Waals surface area contributed by atoms with E-state index in [4.69, 9.17) is 16.3 Å². The maximum atomic E-state index is 10.5. The van der Waals surface area contributed by atoms with Crippen molar-refractivity contribution in [1.82, 2.24) is 0 Å². The first-order valence-corrected chi connectivity index (χ1v) is 4.75. The summed E-state index contributed by atoms with van der Waals surface area (Å²) in [5.41, 5.74) is 0.621. The number of ether oxygens (including phenoxy) is 1. The molecule has 5 heteroatoms. The Labute approximate surface area is 88.3 Å². The fourth-order valence-electron chi connectivity index (χ4n) is 0.872. The number of hydrogen-bond donors (Lipinski definition) is 0. The molecule has 0 aromatic heterocycles. The van der Waals surface area contributed by atoms with Crippen molar-refractivity contribution >= 4 is 11.6 Å². The van der Waals surface area contributed by atoms with Crippen LogP contribution in [0, 0.1) is 10.1 Å². The summed E-state index contributed by atoms with van der Waals surface area (Å²) in [6, 6.07) is 0. The zero-order valence-corrected chi connectivity index (χ0v) is 9.30. The van der Waals surface area contributed by atoms with Gasteiger partial charge in [0.2, 0.25) is 5.70 Å². The number of alkyl halides is 1. The Morgan fingerprint density at radius 2 is 2.14 bits per heavy atom. The van der Waals surface area contributed by atoms with Gasteiger partial charge in [0, 0.05) is 6.92 Å². The molecular weight excluding hydrogens is 206 g/mol. The van der Waals surface area contributed by atoms with Crippen LogP contribution in [0.25, 0.3) is 0 Å². The molecule has 4 nitrogen and oxygen atoms in total. The van der Waals surface area contributed by atoms with Gasteiger partial charge in [-0.05, 0) is 19.9 Å². The van der Waals surface area contributed by atoms with Crippen molar-refractivity contribution in [2.24, 2.45) is 0 Å². The lowest BCUT2D eigenvalue weighted by molar-refractivity contribution is -0.425. The van der Waals surface area contributed by atoms with Crippen molar-refractivity contribution in [3.05, 3.63) is 33.2 Å². The highest BCUT2D eigenvalue weighted by Gasteiger charge is 2.12. The average molecular weight is 220 g/mol. The highest BCUT2D eigenvalue weighted by Crippen LogP contribution is 2.15. The molecule has 0 aliphatic rings. The Kier molecular flexibility index (Phi) is 5.95. The molecule has 0 radical (unpaired) electrons. The summed E-state index contributed by atoms with van der Waals surface area (Å²) < 4.78 is 5.24. The van der Waals surface area contributed by atoms with Gasteiger partial charge in [0.1, 0.15) is 12.4 Å². The smallest absolute Gasteiger partial charge is 0.249 e. The number of nitro groups is 1. The molecule has 0 aliphatic carbocycles. The van der Waals surface area contributed by atoms with Crippen molar-refractivity contribution < 1.29 is 9.66 Å². The lowest BCUT2D eigenvalue weighted by atomic mass is 10.2. The van der Waals surface area contributed by atoms with Gasteiger partial charge >= 0.3 is 0 Å². The van der Waals surface area contributed by atoms with E-state index in [0.29, 0.717) is 23.8 Å². The number of allylic oxidation sites excluding steroid dienone is 3. The van der Waals surface area contributed by atoms with E-state index in [1.807, 2.05) is 0 Å². The maximum absolute atomic E-state index is 10.5. The van der Waals surface area contributed by atoms with Gasteiger partial charge in [-0.3, -0.25) is 10.1 Å². The number of hydrogen-bond acceptors (Lipinski definition) is 3. The van der Waals surface area contributed by atoms with Crippen molar-refractivity contribution in [2.75, 3.05) is 12.5 Å². The first-order valence-electron chi connectivity index (χ1n) is 4.21. The van der Waals surface area contributed by atoms with Crippen molar-refractivity contribution in [3.8, 4) is 0 Å². The van der Waals surface area contributed by atoms with E-state index in [2.05, 4.69) is 0 Å². The summed E-state index contributed by atoms with van der Waals surface area (Å²) in [6.45, 7) is 5.22. The molecule has 14 heavy (non-hydrogen) atoms. The summed E-state index contributed by atoms with van der Waals surface area (Å²) in [5.74, 6) is 0.877. The molecule has 0 aromatic carbocycles. The Bertz CT molecular complexity index is 271. The summed E-state index contributed by atoms with van der Waals surface area (Å²) in [5, 5.41) is 10.5. The Balaban J connectivity index is 4.70. The maximum Gasteiger partial charge on any atom is 0.249 e. The third-order valence-corrected chi connectivity index (χ3v) is 1.94. The highest BCUT2D eigenvalue weighted by atomic mass is 35.5. The standard InChI is InChI=1S/C9H14ClNO3/c1-4-9(14-6-5-10)7(2)8(3)11(12)13/h4H,5-6H2,1-3H3/b8-7+,9-4+. The van der Waals surface area contributed by atoms with E-state index >= 15 is 0 Å². The van der Waals surface area contributed by atoms with Gasteiger partial charge in [0.25, 0.3) is 0 Å². The van der Waals surface area contributed by atoms with Gasteiger partial charge in [0.05, 0.1) is 16.4 Å². The van der Waals surface area contributed by atoms with Crippen LogP contribution in [0.4, 0.5) is 0 Å². The minimum absolute atomic E-state index is 0.0904. The number of nitrogens with zero attached hydrogens (tertiary/aromatic N) is 1. The monoisotopic (exact) mass is 219 g/mol. The minimum Gasteiger partial charge on any atom is -0.492 e. The molecule has 0 saturated heterocycles. The van der Waals surface area contributed by atoms with Crippen molar-refractivity contribution in [3.63, 3.8) is 0 Å². The molecule has 0 N–H and O–H groups in total. The van der Waals surface area contributed by atoms with E-state index in [1.165, 1.54) is 6.92 Å². The fourth-order valence-corrected chi connectivity index (χ4v) is 0.949. The lowest BCUT2D eigenvalue weighted by Gasteiger charge is -2.08. The SMILES string of the molecule is C/C=C(OCCCl)\C(C)=C(/C)[N+](=O)[O-]. The van der Waals surface area contributed by atoms with Gasteiger partial charge in [0.15, 0.2) is 0 Å². The topological polar surface area (TPSA) is 52.4 Å². The average Bonchev–Trinajstić information content (AvgIpc) is 2.17. The first-order chi connectivity index (χ1) is 6.54. The molecule has 80 valence electrons. The third-order valence-electron chi connectivity index (χ3n) is 1.78. The molecule has 0 atom stereocenters. The Morgan fingerprint density at radius 1 is 1.57 bits per heavy atom. The molecule has 0 heterocycles. The fraction of sp³-hybridized carbons (Fsp3) is 0.556. The van der Waals surface area contributed by atoms with Crippen LogP contribution in [0.2, 0.25) is 0 Å². The predicted molar refractivity (Wildman–Crippen MR) is 55.8 cm³/mol. The number of halogens is 1. The largest absolute Gasteiger partial charge is 0.492 e. The van der Waals surface area contributed by atoms with Crippen LogP contribution in [0.3, 0.4) is 0 Å². The predicted octanol–water partition coefficient (Wildman–Crippen LogP) is 2.72. The zero-order chi connectivity index (χ0) is 11.1. The Morgan fingerprint density at radius 3 is 2.50 bits per heavy atom. The van der Waals surface area contributed by atoms with Gasteiger partial charge in [-0.2, -0.15) is 0 Å². The molecular formula is C9H14ClNO3. The second kappa shape index (κ2) is 6.43. The second-order valence-electron chi connectivity index (χ2n) is 2.66. The van der Waals surface area contributed by atoms with Crippen LogP contribution in [0.5, 0.6) is 0 Å². The van der Waals surface area contributed by atoms with E-state index < -0.39 is 4.92 Å². The van der Waals surface area contributed by atoms with E-state index in [-0.39, 0.29) is 5.70 Å². The first kappa shape index (κ1) is 13.0. The highest BCUT2D eigenvalue weighted by molar-refractivity contribution is 6.17. The molecule has 0 aliphatic heterocycles. The molecule has 0 aromatic rings. The van der Waals surface area contributed by atoms with Gasteiger partial charge in [-0.25, -0.2) is 0 Å². The molecule has 0 amide bonds. The van der Waals surface area contributed by atoms with Crippen LogP contribution in [0.1, 0.15) is 20.8 Å². The zero-order valence-electron chi connectivity index (χ0n) is 8.54.